The van der Waals surface area contributed by atoms with E-state index in [-0.39, 0.29) is 6.61 Å². The van der Waals surface area contributed by atoms with Gasteiger partial charge in [-0.3, -0.25) is 0 Å². The van der Waals surface area contributed by atoms with Crippen LogP contribution in [0.25, 0.3) is 5.65 Å². The summed E-state index contributed by atoms with van der Waals surface area (Å²) < 4.78 is 1.52. The summed E-state index contributed by atoms with van der Waals surface area (Å²) in [7, 11) is 0. The van der Waals surface area contributed by atoms with Crippen LogP contribution in [0.15, 0.2) is 18.6 Å². The van der Waals surface area contributed by atoms with E-state index in [1.54, 1.807) is 12.3 Å². The molecule has 56 valence electrons. The lowest BCUT2D eigenvalue weighted by atomic mass is 10.3. The zero-order chi connectivity index (χ0) is 7.68. The molecular formula is C6H6N4O. The summed E-state index contributed by atoms with van der Waals surface area (Å²) in [6.45, 7) is -0.0370. The lowest BCUT2D eigenvalue weighted by molar-refractivity contribution is 0.282. The van der Waals surface area contributed by atoms with Crippen molar-refractivity contribution in [2.75, 3.05) is 0 Å². The molecule has 0 atom stereocenters. The largest absolute Gasteiger partial charge is 0.392 e. The minimum Gasteiger partial charge on any atom is -0.392 e. The summed E-state index contributed by atoms with van der Waals surface area (Å²) in [5, 5.41) is 20.2. The van der Waals surface area contributed by atoms with Gasteiger partial charge in [0.2, 0.25) is 0 Å². The summed E-state index contributed by atoms with van der Waals surface area (Å²) in [5.74, 6) is 0. The Hall–Kier alpha value is -1.49. The summed E-state index contributed by atoms with van der Waals surface area (Å²) >= 11 is 0. The highest BCUT2D eigenvalue weighted by Gasteiger charge is 2.00. The monoisotopic (exact) mass is 150 g/mol. The van der Waals surface area contributed by atoms with Crippen molar-refractivity contribution in [2.45, 2.75) is 6.61 Å². The Balaban J connectivity index is 2.79. The predicted molar refractivity (Wildman–Crippen MR) is 36.7 cm³/mol. The standard InChI is InChI=1S/C6H6N4O/c11-3-5-1-2-8-10-4-7-9-6(5)10/h1-2,4,11H,3H2. The van der Waals surface area contributed by atoms with Gasteiger partial charge in [0.25, 0.3) is 0 Å². The molecule has 0 aliphatic carbocycles. The van der Waals surface area contributed by atoms with E-state index in [9.17, 15) is 0 Å². The van der Waals surface area contributed by atoms with Crippen LogP contribution in [0.2, 0.25) is 0 Å². The molecule has 5 nitrogen and oxygen atoms in total. The van der Waals surface area contributed by atoms with Crippen LogP contribution in [0.3, 0.4) is 0 Å². The Kier molecular flexibility index (Phi) is 1.29. The van der Waals surface area contributed by atoms with Gasteiger partial charge in [-0.05, 0) is 6.07 Å². The first-order chi connectivity index (χ1) is 5.42. The highest BCUT2D eigenvalue weighted by Crippen LogP contribution is 2.03. The first kappa shape index (κ1) is 6.23. The van der Waals surface area contributed by atoms with Gasteiger partial charge in [0, 0.05) is 11.8 Å². The van der Waals surface area contributed by atoms with Crippen LogP contribution in [0, 0.1) is 0 Å². The van der Waals surface area contributed by atoms with Crippen molar-refractivity contribution in [1.29, 1.82) is 0 Å². The average molecular weight is 150 g/mol. The fourth-order valence-electron chi connectivity index (χ4n) is 0.919. The van der Waals surface area contributed by atoms with Crippen molar-refractivity contribution in [3.8, 4) is 0 Å². The average Bonchev–Trinajstić information content (AvgIpc) is 2.50. The SMILES string of the molecule is OCc1ccnn2cnnc12. The zero-order valence-electron chi connectivity index (χ0n) is 5.68. The van der Waals surface area contributed by atoms with Crippen molar-refractivity contribution in [3.05, 3.63) is 24.2 Å². The Morgan fingerprint density at radius 2 is 2.45 bits per heavy atom. The fourth-order valence-corrected chi connectivity index (χ4v) is 0.919. The minimum atomic E-state index is -0.0370. The van der Waals surface area contributed by atoms with Gasteiger partial charge < -0.3 is 5.11 Å². The second-order valence-electron chi connectivity index (χ2n) is 2.11. The van der Waals surface area contributed by atoms with Gasteiger partial charge >= 0.3 is 0 Å². The van der Waals surface area contributed by atoms with Gasteiger partial charge in [-0.25, -0.2) is 4.52 Å². The molecule has 2 rings (SSSR count). The molecule has 2 heterocycles. The summed E-state index contributed by atoms with van der Waals surface area (Å²) in [6, 6.07) is 1.71. The van der Waals surface area contributed by atoms with Gasteiger partial charge in [-0.1, -0.05) is 0 Å². The number of aliphatic hydroxyl groups is 1. The molecule has 1 N–H and O–H groups in total. The third-order valence-corrected chi connectivity index (χ3v) is 1.45. The van der Waals surface area contributed by atoms with E-state index >= 15 is 0 Å². The van der Waals surface area contributed by atoms with Gasteiger partial charge in [0.1, 0.15) is 6.33 Å². The lowest BCUT2D eigenvalue weighted by Gasteiger charge is -1.94. The molecule has 0 amide bonds. The van der Waals surface area contributed by atoms with E-state index in [1.807, 2.05) is 0 Å². The van der Waals surface area contributed by atoms with Crippen LogP contribution in [0.4, 0.5) is 0 Å². The van der Waals surface area contributed by atoms with Gasteiger partial charge in [0.15, 0.2) is 5.65 Å². The summed E-state index contributed by atoms with van der Waals surface area (Å²) in [4.78, 5) is 0. The van der Waals surface area contributed by atoms with Gasteiger partial charge in [0.05, 0.1) is 6.61 Å². The minimum absolute atomic E-state index is 0.0370. The summed E-state index contributed by atoms with van der Waals surface area (Å²) in [6.07, 6.45) is 3.09. The Morgan fingerprint density at radius 3 is 3.27 bits per heavy atom. The first-order valence-corrected chi connectivity index (χ1v) is 3.16. The summed E-state index contributed by atoms with van der Waals surface area (Å²) in [5.41, 5.74) is 1.34. The van der Waals surface area contributed by atoms with Crippen LogP contribution >= 0.6 is 0 Å². The zero-order valence-corrected chi connectivity index (χ0v) is 5.68. The lowest BCUT2D eigenvalue weighted by Crippen LogP contribution is -1.94. The molecule has 2 aromatic heterocycles. The Labute approximate surface area is 62.3 Å². The smallest absolute Gasteiger partial charge is 0.183 e. The fraction of sp³-hybridized carbons (Fsp3) is 0.167. The Bertz CT molecular complexity index is 369. The third kappa shape index (κ3) is 0.857. The molecule has 0 saturated carbocycles. The molecule has 0 fully saturated rings. The van der Waals surface area contributed by atoms with Gasteiger partial charge in [-0.15, -0.1) is 10.2 Å². The highest BCUT2D eigenvalue weighted by atomic mass is 16.3. The molecular weight excluding hydrogens is 144 g/mol. The molecule has 5 heteroatoms. The normalized spacial score (nSPS) is 10.6. The van der Waals surface area contributed by atoms with E-state index in [4.69, 9.17) is 5.11 Å². The van der Waals surface area contributed by atoms with E-state index in [0.29, 0.717) is 5.65 Å². The quantitative estimate of drug-likeness (QED) is 0.601. The molecule has 0 bridgehead atoms. The Morgan fingerprint density at radius 1 is 1.55 bits per heavy atom. The van der Waals surface area contributed by atoms with Crippen LogP contribution in [-0.4, -0.2) is 24.9 Å². The molecule has 0 unspecified atom stereocenters. The second-order valence-corrected chi connectivity index (χ2v) is 2.11. The van der Waals surface area contributed by atoms with Crippen molar-refractivity contribution >= 4 is 5.65 Å². The molecule has 0 aliphatic rings. The maximum absolute atomic E-state index is 8.85. The number of nitrogens with zero attached hydrogens (tertiary/aromatic N) is 4. The second kappa shape index (κ2) is 2.28. The van der Waals surface area contributed by atoms with Crippen LogP contribution < -0.4 is 0 Å². The van der Waals surface area contributed by atoms with E-state index in [1.165, 1.54) is 10.8 Å². The molecule has 0 spiro atoms. The number of fused-ring (bicyclic) bond motifs is 1. The van der Waals surface area contributed by atoms with Crippen molar-refractivity contribution in [2.24, 2.45) is 0 Å². The number of hydrogen-bond donors (Lipinski definition) is 1. The van der Waals surface area contributed by atoms with Crippen LogP contribution in [-0.2, 0) is 6.61 Å². The molecule has 2 aromatic rings. The third-order valence-electron chi connectivity index (χ3n) is 1.45. The van der Waals surface area contributed by atoms with Crippen molar-refractivity contribution < 1.29 is 5.11 Å². The highest BCUT2D eigenvalue weighted by molar-refractivity contribution is 5.43. The predicted octanol–water partition coefficient (Wildman–Crippen LogP) is -0.383. The van der Waals surface area contributed by atoms with E-state index in [0.717, 1.165) is 5.56 Å². The molecule has 0 radical (unpaired) electrons. The van der Waals surface area contributed by atoms with Gasteiger partial charge in [-0.2, -0.15) is 5.10 Å². The topological polar surface area (TPSA) is 63.3 Å². The van der Waals surface area contributed by atoms with Crippen molar-refractivity contribution in [3.63, 3.8) is 0 Å². The number of aliphatic hydroxyl groups excluding tert-OH is 1. The molecule has 0 aromatic carbocycles. The van der Waals surface area contributed by atoms with E-state index in [2.05, 4.69) is 15.3 Å². The number of hydrogen-bond acceptors (Lipinski definition) is 4. The molecule has 11 heavy (non-hydrogen) atoms. The molecule has 0 saturated heterocycles. The molecule has 0 aliphatic heterocycles. The van der Waals surface area contributed by atoms with Crippen LogP contribution in [0.1, 0.15) is 5.56 Å². The number of rotatable bonds is 1. The maximum atomic E-state index is 8.85. The maximum Gasteiger partial charge on any atom is 0.183 e. The van der Waals surface area contributed by atoms with Crippen molar-refractivity contribution in [1.82, 2.24) is 19.8 Å². The van der Waals surface area contributed by atoms with E-state index < -0.39 is 0 Å². The van der Waals surface area contributed by atoms with Crippen LogP contribution in [0.5, 0.6) is 0 Å². The number of aromatic nitrogens is 4. The first-order valence-electron chi connectivity index (χ1n) is 3.16.